The van der Waals surface area contributed by atoms with Crippen molar-refractivity contribution in [3.05, 3.63) is 133 Å². The van der Waals surface area contributed by atoms with E-state index >= 15 is 0 Å². The lowest BCUT2D eigenvalue weighted by molar-refractivity contribution is 0.828. The molecular formula is C39H54S4. The fourth-order valence-electron chi connectivity index (χ4n) is 3.80. The van der Waals surface area contributed by atoms with Crippen molar-refractivity contribution in [3.8, 4) is 0 Å². The van der Waals surface area contributed by atoms with Crippen LogP contribution in [0.25, 0.3) is 0 Å². The summed E-state index contributed by atoms with van der Waals surface area (Å²) in [6.07, 6.45) is 18.8. The van der Waals surface area contributed by atoms with E-state index in [1.165, 1.54) is 48.0 Å². The largest absolute Gasteiger partial charge is 0.114 e. The van der Waals surface area contributed by atoms with Crippen molar-refractivity contribution in [1.82, 2.24) is 0 Å². The average molecular weight is 651 g/mol. The first-order valence-electron chi connectivity index (χ1n) is 15.0. The molecule has 0 aromatic heterocycles. The molecule has 1 aliphatic rings. The molecule has 1 unspecified atom stereocenters. The third-order valence-electron chi connectivity index (χ3n) is 6.38. The Bertz CT molecular complexity index is 1140. The molecule has 2 aromatic rings. The van der Waals surface area contributed by atoms with Gasteiger partial charge in [-0.3, -0.25) is 0 Å². The molecule has 0 amide bonds. The van der Waals surface area contributed by atoms with Crippen molar-refractivity contribution in [2.75, 3.05) is 0 Å². The van der Waals surface area contributed by atoms with Crippen LogP contribution in [0.5, 0.6) is 0 Å². The van der Waals surface area contributed by atoms with Crippen LogP contribution in [0.15, 0.2) is 121 Å². The maximum absolute atomic E-state index is 5.47. The van der Waals surface area contributed by atoms with Crippen molar-refractivity contribution >= 4 is 56.4 Å². The summed E-state index contributed by atoms with van der Waals surface area (Å²) in [6.45, 7) is 17.4. The molecular weight excluding hydrogens is 597 g/mol. The Labute approximate surface area is 284 Å². The number of thiocarbonyl (C=S) groups is 2. The Morgan fingerprint density at radius 2 is 1.49 bits per heavy atom. The summed E-state index contributed by atoms with van der Waals surface area (Å²) in [4.78, 5) is 0. The predicted octanol–water partition coefficient (Wildman–Crippen LogP) is 13.5. The minimum absolute atomic E-state index is 0. The predicted molar refractivity (Wildman–Crippen MR) is 211 cm³/mol. The lowest BCUT2D eigenvalue weighted by Gasteiger charge is -2.17. The van der Waals surface area contributed by atoms with Gasteiger partial charge in [0.25, 0.3) is 0 Å². The van der Waals surface area contributed by atoms with Crippen LogP contribution in [0.2, 0.25) is 0 Å². The van der Waals surface area contributed by atoms with Crippen molar-refractivity contribution in [3.63, 3.8) is 0 Å². The van der Waals surface area contributed by atoms with Crippen molar-refractivity contribution in [2.24, 2.45) is 0 Å². The van der Waals surface area contributed by atoms with Gasteiger partial charge in [-0.05, 0) is 76.3 Å². The Balaban J connectivity index is 0.000000696. The summed E-state index contributed by atoms with van der Waals surface area (Å²) in [5.74, 6) is 0.995. The minimum atomic E-state index is 0. The van der Waals surface area contributed by atoms with E-state index in [0.29, 0.717) is 5.25 Å². The molecule has 0 saturated carbocycles. The van der Waals surface area contributed by atoms with Crippen LogP contribution in [0, 0.1) is 0 Å². The van der Waals surface area contributed by atoms with Gasteiger partial charge in [0.15, 0.2) is 0 Å². The van der Waals surface area contributed by atoms with E-state index in [1.54, 1.807) is 17.8 Å². The van der Waals surface area contributed by atoms with E-state index in [4.69, 9.17) is 24.4 Å². The molecule has 0 radical (unpaired) electrons. The maximum Gasteiger partial charge on any atom is 0.0485 e. The second kappa shape index (κ2) is 26.4. The van der Waals surface area contributed by atoms with Crippen LogP contribution in [-0.4, -0.2) is 13.6 Å². The summed E-state index contributed by atoms with van der Waals surface area (Å²) >= 11 is 14.5. The van der Waals surface area contributed by atoms with Gasteiger partial charge in [-0.15, -0.1) is 23.5 Å². The van der Waals surface area contributed by atoms with Crippen LogP contribution in [0.4, 0.5) is 0 Å². The number of rotatable bonds is 14. The number of aryl methyl sites for hydroxylation is 1. The van der Waals surface area contributed by atoms with Crippen molar-refractivity contribution < 1.29 is 0 Å². The zero-order chi connectivity index (χ0) is 31.0. The highest BCUT2D eigenvalue weighted by Crippen LogP contribution is 2.27. The van der Waals surface area contributed by atoms with Crippen molar-refractivity contribution in [1.29, 1.82) is 0 Å². The molecule has 0 N–H and O–H groups in total. The lowest BCUT2D eigenvalue weighted by Crippen LogP contribution is -2.08. The van der Waals surface area contributed by atoms with Crippen LogP contribution < -0.4 is 0 Å². The highest BCUT2D eigenvalue weighted by atomic mass is 32.2. The smallest absolute Gasteiger partial charge is 0.0485 e. The highest BCUT2D eigenvalue weighted by Gasteiger charge is 2.13. The fourth-order valence-corrected chi connectivity index (χ4v) is 6.35. The minimum Gasteiger partial charge on any atom is -0.114 e. The van der Waals surface area contributed by atoms with Gasteiger partial charge in [0.2, 0.25) is 0 Å². The van der Waals surface area contributed by atoms with Gasteiger partial charge in [-0.2, -0.15) is 0 Å². The van der Waals surface area contributed by atoms with Crippen LogP contribution in [0.1, 0.15) is 90.7 Å². The number of benzene rings is 2. The van der Waals surface area contributed by atoms with Crippen molar-refractivity contribution in [2.45, 2.75) is 97.0 Å². The molecule has 1 aliphatic carbocycles. The summed E-state index contributed by atoms with van der Waals surface area (Å²) in [5.41, 5.74) is 6.45. The van der Waals surface area contributed by atoms with Gasteiger partial charge in [0.05, 0.1) is 0 Å². The van der Waals surface area contributed by atoms with E-state index in [0.717, 1.165) is 51.8 Å². The Morgan fingerprint density at radius 3 is 2.00 bits per heavy atom. The number of thioether (sulfide) groups is 2. The molecule has 0 nitrogen and oxygen atoms in total. The van der Waals surface area contributed by atoms with Gasteiger partial charge in [0.1, 0.15) is 0 Å². The maximum atomic E-state index is 5.47. The molecule has 4 heteroatoms. The Hall–Kier alpha value is -1.98. The van der Waals surface area contributed by atoms with Crippen LogP contribution >= 0.6 is 48.0 Å². The lowest BCUT2D eigenvalue weighted by atomic mass is 10.0. The molecule has 0 heterocycles. The summed E-state index contributed by atoms with van der Waals surface area (Å²) < 4.78 is 2.27. The number of allylic oxidation sites excluding steroid dienone is 6. The third-order valence-corrected chi connectivity index (χ3v) is 9.82. The second-order valence-electron chi connectivity index (χ2n) is 10.4. The topological polar surface area (TPSA) is 0 Å². The standard InChI is InChI=1S/C17H24S2.C16H18S2.C5H8.CH4/c1-4-5-11-17(18)19-16(14(2)3)13-12-15-9-7-6-8-10-15;17-16(12-11-14-7-3-1-4-8-14)18-13-15-9-5-2-6-10-15;1-4-5(2)3;/h6-10,16H,2,4-5,11-13H2,1,3H3;2-3,5-10H,1,4,11-13H2;4H,1-2H2,3H3;1H4. The van der Waals surface area contributed by atoms with Gasteiger partial charge >= 0.3 is 0 Å². The Kier molecular flexibility index (Phi) is 25.2. The first-order chi connectivity index (χ1) is 20.2. The third kappa shape index (κ3) is 22.2. The Morgan fingerprint density at radius 1 is 0.884 bits per heavy atom. The molecule has 0 fully saturated rings. The average Bonchev–Trinajstić information content (AvgIpc) is 3.02. The van der Waals surface area contributed by atoms with Gasteiger partial charge in [-0.25, -0.2) is 0 Å². The summed E-state index contributed by atoms with van der Waals surface area (Å²) in [6, 6.07) is 21.2. The zero-order valence-corrected chi connectivity index (χ0v) is 29.3. The molecule has 0 aliphatic heterocycles. The fraction of sp³-hybridized carbons (Fsp3) is 0.385. The van der Waals surface area contributed by atoms with E-state index in [2.05, 4.69) is 106 Å². The molecule has 0 bridgehead atoms. The van der Waals surface area contributed by atoms with E-state index in [1.807, 2.05) is 24.8 Å². The molecule has 0 spiro atoms. The van der Waals surface area contributed by atoms with E-state index in [9.17, 15) is 0 Å². The summed E-state index contributed by atoms with van der Waals surface area (Å²) in [7, 11) is 0. The van der Waals surface area contributed by atoms with E-state index < -0.39 is 0 Å². The molecule has 1 atom stereocenters. The van der Waals surface area contributed by atoms with Gasteiger partial charge in [-0.1, -0.05) is 167 Å². The second-order valence-corrected chi connectivity index (χ2v) is 14.3. The SMILES string of the molecule is C.C=C(C)C(CCc1ccccc1)SC(=S)CCCC.C=CC(=C)C.S=C(CCC1=CCCC=C1)SCc1ccccc1. The number of hydrogen-bond acceptors (Lipinski definition) is 4. The quantitative estimate of drug-likeness (QED) is 0.113. The van der Waals surface area contributed by atoms with Gasteiger partial charge < -0.3 is 0 Å². The molecule has 43 heavy (non-hydrogen) atoms. The number of hydrogen-bond donors (Lipinski definition) is 0. The normalized spacial score (nSPS) is 12.1. The highest BCUT2D eigenvalue weighted by molar-refractivity contribution is 8.23. The monoisotopic (exact) mass is 650 g/mol. The summed E-state index contributed by atoms with van der Waals surface area (Å²) in [5, 5.41) is 0.463. The first kappa shape index (κ1) is 41.0. The zero-order valence-electron chi connectivity index (χ0n) is 26.0. The number of unbranched alkanes of at least 4 members (excludes halogenated alkanes) is 1. The molecule has 3 rings (SSSR count). The van der Waals surface area contributed by atoms with Crippen LogP contribution in [0.3, 0.4) is 0 Å². The molecule has 2 aromatic carbocycles. The first-order valence-corrected chi connectivity index (χ1v) is 17.6. The van der Waals surface area contributed by atoms with E-state index in [-0.39, 0.29) is 7.43 Å². The van der Waals surface area contributed by atoms with Crippen LogP contribution in [-0.2, 0) is 12.2 Å². The van der Waals surface area contributed by atoms with Gasteiger partial charge in [0, 0.05) is 19.4 Å². The molecule has 234 valence electrons. The molecule has 0 saturated heterocycles.